The first-order chi connectivity index (χ1) is 8.92. The Bertz CT molecular complexity index is 567. The summed E-state index contributed by atoms with van der Waals surface area (Å²) in [6, 6.07) is 10.1. The molecule has 0 saturated heterocycles. The van der Waals surface area contributed by atoms with Crippen molar-refractivity contribution in [3.8, 4) is 0 Å². The van der Waals surface area contributed by atoms with E-state index in [1.807, 2.05) is 30.5 Å². The summed E-state index contributed by atoms with van der Waals surface area (Å²) in [5, 5.41) is 3.36. The molecule has 4 heteroatoms. The fourth-order valence-electron chi connectivity index (χ4n) is 1.86. The molecule has 1 aromatic heterocycles. The second-order valence-electron chi connectivity index (χ2n) is 4.10. The predicted octanol–water partition coefficient (Wildman–Crippen LogP) is 2.88. The number of benzene rings is 1. The lowest BCUT2D eigenvalue weighted by atomic mass is 10.1. The van der Waals surface area contributed by atoms with Gasteiger partial charge in [0.15, 0.2) is 6.40 Å². The van der Waals surface area contributed by atoms with E-state index >= 15 is 0 Å². The quantitative estimate of drug-likeness (QED) is 0.895. The molecular formula is C14H13N3O. The van der Waals surface area contributed by atoms with Crippen molar-refractivity contribution < 1.29 is 4.74 Å². The molecule has 0 radical (unpaired) electrons. The molecule has 2 heterocycles. The van der Waals surface area contributed by atoms with Crippen molar-refractivity contribution in [2.45, 2.75) is 13.2 Å². The fraction of sp³-hybridized carbons (Fsp3) is 0.143. The van der Waals surface area contributed by atoms with E-state index in [0.717, 1.165) is 29.0 Å². The zero-order valence-corrected chi connectivity index (χ0v) is 9.84. The first kappa shape index (κ1) is 10.8. The van der Waals surface area contributed by atoms with Gasteiger partial charge in [-0.05, 0) is 29.8 Å². The van der Waals surface area contributed by atoms with Crippen molar-refractivity contribution in [1.29, 1.82) is 0 Å². The molecule has 1 N–H and O–H groups in total. The minimum atomic E-state index is 0.585. The van der Waals surface area contributed by atoms with Crippen LogP contribution < -0.4 is 5.32 Å². The molecule has 18 heavy (non-hydrogen) atoms. The second kappa shape index (κ2) is 4.87. The van der Waals surface area contributed by atoms with Crippen LogP contribution in [0.5, 0.6) is 0 Å². The van der Waals surface area contributed by atoms with Gasteiger partial charge in [-0.2, -0.15) is 0 Å². The van der Waals surface area contributed by atoms with Crippen LogP contribution in [0.1, 0.15) is 11.1 Å². The highest BCUT2D eigenvalue weighted by Gasteiger charge is 2.06. The van der Waals surface area contributed by atoms with Crippen LogP contribution in [0.4, 0.5) is 11.4 Å². The fourth-order valence-corrected chi connectivity index (χ4v) is 1.86. The summed E-state index contributed by atoms with van der Waals surface area (Å²) < 4.78 is 5.18. The summed E-state index contributed by atoms with van der Waals surface area (Å²) in [6.45, 7) is 1.35. The number of hydrogen-bond acceptors (Lipinski definition) is 4. The van der Waals surface area contributed by atoms with Gasteiger partial charge in [-0.1, -0.05) is 6.07 Å². The van der Waals surface area contributed by atoms with Crippen LogP contribution in [-0.4, -0.2) is 11.4 Å². The molecule has 1 aromatic carbocycles. The lowest BCUT2D eigenvalue weighted by Crippen LogP contribution is -2.02. The van der Waals surface area contributed by atoms with Crippen LogP contribution in [0, 0.1) is 0 Å². The van der Waals surface area contributed by atoms with Crippen molar-refractivity contribution >= 4 is 17.8 Å². The van der Waals surface area contributed by atoms with Crippen LogP contribution in [0.2, 0.25) is 0 Å². The van der Waals surface area contributed by atoms with Crippen LogP contribution in [0.15, 0.2) is 47.7 Å². The minimum absolute atomic E-state index is 0.585. The van der Waals surface area contributed by atoms with Crippen molar-refractivity contribution in [3.05, 3.63) is 53.9 Å². The topological polar surface area (TPSA) is 46.5 Å². The molecule has 90 valence electrons. The first-order valence-electron chi connectivity index (χ1n) is 5.82. The van der Waals surface area contributed by atoms with E-state index in [-0.39, 0.29) is 0 Å². The number of aliphatic imine (C=N–C) groups is 1. The average Bonchev–Trinajstić information content (AvgIpc) is 2.46. The first-order valence-corrected chi connectivity index (χ1v) is 5.82. The highest BCUT2D eigenvalue weighted by molar-refractivity contribution is 5.65. The Morgan fingerprint density at radius 1 is 1.28 bits per heavy atom. The molecule has 2 aromatic rings. The van der Waals surface area contributed by atoms with E-state index in [0.29, 0.717) is 6.61 Å². The zero-order chi connectivity index (χ0) is 12.2. The lowest BCUT2D eigenvalue weighted by Gasteiger charge is -2.13. The zero-order valence-electron chi connectivity index (χ0n) is 9.84. The largest absolute Gasteiger partial charge is 0.478 e. The molecule has 4 nitrogen and oxygen atoms in total. The van der Waals surface area contributed by atoms with Gasteiger partial charge in [-0.15, -0.1) is 0 Å². The van der Waals surface area contributed by atoms with E-state index in [2.05, 4.69) is 21.4 Å². The Labute approximate surface area is 105 Å². The van der Waals surface area contributed by atoms with Gasteiger partial charge in [0, 0.05) is 30.2 Å². The number of nitrogens with zero attached hydrogens (tertiary/aromatic N) is 2. The summed E-state index contributed by atoms with van der Waals surface area (Å²) in [6.07, 6.45) is 5.13. The third kappa shape index (κ3) is 2.32. The van der Waals surface area contributed by atoms with E-state index in [1.165, 1.54) is 6.40 Å². The minimum Gasteiger partial charge on any atom is -0.478 e. The third-order valence-corrected chi connectivity index (χ3v) is 2.80. The van der Waals surface area contributed by atoms with Crippen LogP contribution in [-0.2, 0) is 17.9 Å². The molecule has 0 saturated carbocycles. The van der Waals surface area contributed by atoms with Crippen molar-refractivity contribution in [1.82, 2.24) is 4.98 Å². The molecule has 0 unspecified atom stereocenters. The molecular weight excluding hydrogens is 226 g/mol. The average molecular weight is 239 g/mol. The van der Waals surface area contributed by atoms with Gasteiger partial charge >= 0.3 is 0 Å². The summed E-state index contributed by atoms with van der Waals surface area (Å²) >= 11 is 0. The number of pyridine rings is 1. The maximum Gasteiger partial charge on any atom is 0.175 e. The van der Waals surface area contributed by atoms with Gasteiger partial charge < -0.3 is 10.1 Å². The van der Waals surface area contributed by atoms with E-state index in [1.54, 1.807) is 6.20 Å². The lowest BCUT2D eigenvalue weighted by molar-refractivity contribution is 0.303. The Morgan fingerprint density at radius 2 is 2.28 bits per heavy atom. The molecule has 0 bridgehead atoms. The van der Waals surface area contributed by atoms with Crippen molar-refractivity contribution in [2.24, 2.45) is 4.99 Å². The van der Waals surface area contributed by atoms with Crippen molar-refractivity contribution in [2.75, 3.05) is 5.32 Å². The number of ether oxygens (including phenoxy) is 1. The molecule has 1 aliphatic rings. The maximum atomic E-state index is 5.18. The third-order valence-electron chi connectivity index (χ3n) is 2.80. The summed E-state index contributed by atoms with van der Waals surface area (Å²) in [7, 11) is 0. The smallest absolute Gasteiger partial charge is 0.175 e. The Morgan fingerprint density at radius 3 is 3.17 bits per heavy atom. The van der Waals surface area contributed by atoms with Gasteiger partial charge in [0.2, 0.25) is 0 Å². The second-order valence-corrected chi connectivity index (χ2v) is 4.10. The Kier molecular flexibility index (Phi) is 2.92. The number of hydrogen-bond donors (Lipinski definition) is 1. The van der Waals surface area contributed by atoms with Crippen LogP contribution in [0.3, 0.4) is 0 Å². The normalized spacial score (nSPS) is 12.7. The van der Waals surface area contributed by atoms with Gasteiger partial charge in [-0.3, -0.25) is 4.98 Å². The molecule has 0 fully saturated rings. The number of rotatable bonds is 3. The van der Waals surface area contributed by atoms with Gasteiger partial charge in [0.1, 0.15) is 6.61 Å². The number of nitrogens with one attached hydrogen (secondary N) is 1. The summed E-state index contributed by atoms with van der Waals surface area (Å²) in [5.41, 5.74) is 4.31. The van der Waals surface area contributed by atoms with Crippen LogP contribution in [0.25, 0.3) is 0 Å². The van der Waals surface area contributed by atoms with Crippen LogP contribution >= 0.6 is 0 Å². The SMILES string of the molecule is C1=Nc2ccc(NCc3cccnc3)cc2CO1. The molecule has 0 atom stereocenters. The highest BCUT2D eigenvalue weighted by Crippen LogP contribution is 2.26. The monoisotopic (exact) mass is 239 g/mol. The Hall–Kier alpha value is -2.36. The summed E-state index contributed by atoms with van der Waals surface area (Å²) in [4.78, 5) is 8.26. The van der Waals surface area contributed by atoms with Crippen molar-refractivity contribution in [3.63, 3.8) is 0 Å². The molecule has 0 aliphatic carbocycles. The highest BCUT2D eigenvalue weighted by atomic mass is 16.5. The van der Waals surface area contributed by atoms with E-state index < -0.39 is 0 Å². The van der Waals surface area contributed by atoms with E-state index in [9.17, 15) is 0 Å². The predicted molar refractivity (Wildman–Crippen MR) is 70.9 cm³/mol. The van der Waals surface area contributed by atoms with Gasteiger partial charge in [0.05, 0.1) is 5.69 Å². The van der Waals surface area contributed by atoms with Gasteiger partial charge in [-0.25, -0.2) is 4.99 Å². The number of anilines is 1. The van der Waals surface area contributed by atoms with E-state index in [4.69, 9.17) is 4.74 Å². The maximum absolute atomic E-state index is 5.18. The van der Waals surface area contributed by atoms with Gasteiger partial charge in [0.25, 0.3) is 0 Å². The molecule has 1 aliphatic heterocycles. The molecule has 3 rings (SSSR count). The number of fused-ring (bicyclic) bond motifs is 1. The molecule has 0 spiro atoms. The number of aromatic nitrogens is 1. The standard InChI is InChI=1S/C14H13N3O/c1-2-11(7-15-5-1)8-16-13-3-4-14-12(6-13)9-18-10-17-14/h1-7,10,16H,8-9H2. The molecule has 0 amide bonds. The Balaban J connectivity index is 1.72. The summed E-state index contributed by atoms with van der Waals surface area (Å²) in [5.74, 6) is 0.